The van der Waals surface area contributed by atoms with E-state index < -0.39 is 11.5 Å². The van der Waals surface area contributed by atoms with Gasteiger partial charge in [-0.05, 0) is 19.1 Å². The quantitative estimate of drug-likeness (QED) is 0.760. The van der Waals surface area contributed by atoms with Crippen molar-refractivity contribution in [3.63, 3.8) is 0 Å². The highest BCUT2D eigenvalue weighted by Crippen LogP contribution is 2.26. The summed E-state index contributed by atoms with van der Waals surface area (Å²) < 4.78 is 1.34. The first-order valence-corrected chi connectivity index (χ1v) is 7.35. The molecular weight excluding hydrogens is 302 g/mol. The zero-order valence-electron chi connectivity index (χ0n) is 12.0. The predicted molar refractivity (Wildman–Crippen MR) is 85.7 cm³/mol. The van der Waals surface area contributed by atoms with Gasteiger partial charge in [0.05, 0.1) is 5.52 Å². The minimum absolute atomic E-state index is 0.283. The Morgan fingerprint density at radius 3 is 2.77 bits per heavy atom. The van der Waals surface area contributed by atoms with Crippen LogP contribution < -0.4 is 10.9 Å². The van der Waals surface area contributed by atoms with Crippen molar-refractivity contribution < 1.29 is 9.90 Å². The number of anilines is 1. The number of para-hydroxylation sites is 1. The molecule has 22 heavy (non-hydrogen) atoms. The number of amides is 1. The van der Waals surface area contributed by atoms with Crippen molar-refractivity contribution in [1.29, 1.82) is 0 Å². The number of pyridine rings is 1. The van der Waals surface area contributed by atoms with Crippen molar-refractivity contribution >= 4 is 33.3 Å². The van der Waals surface area contributed by atoms with Crippen LogP contribution in [0.1, 0.15) is 15.2 Å². The summed E-state index contributed by atoms with van der Waals surface area (Å²) in [6.45, 7) is 1.86. The average molecular weight is 315 g/mol. The Labute approximate surface area is 129 Å². The molecule has 0 saturated carbocycles. The van der Waals surface area contributed by atoms with Crippen LogP contribution in [0.2, 0.25) is 0 Å². The van der Waals surface area contributed by atoms with Gasteiger partial charge in [0.15, 0.2) is 5.13 Å². The zero-order valence-corrected chi connectivity index (χ0v) is 12.8. The van der Waals surface area contributed by atoms with E-state index in [4.69, 9.17) is 0 Å². The number of hydrogen-bond donors (Lipinski definition) is 2. The molecule has 2 heterocycles. The monoisotopic (exact) mass is 315 g/mol. The second-order valence-electron chi connectivity index (χ2n) is 4.84. The molecule has 0 saturated heterocycles. The molecule has 0 aliphatic carbocycles. The van der Waals surface area contributed by atoms with Crippen LogP contribution in [0.4, 0.5) is 5.13 Å². The number of thiazole rings is 1. The molecule has 3 aromatic rings. The summed E-state index contributed by atoms with van der Waals surface area (Å²) in [6, 6.07) is 6.87. The lowest BCUT2D eigenvalue weighted by molar-refractivity contribution is 0.102. The number of rotatable bonds is 2. The molecule has 1 aromatic carbocycles. The Kier molecular flexibility index (Phi) is 3.42. The fraction of sp³-hybridized carbons (Fsp3) is 0.133. The largest absolute Gasteiger partial charge is 0.506 e. The Balaban J connectivity index is 2.14. The number of benzene rings is 1. The van der Waals surface area contributed by atoms with Gasteiger partial charge in [-0.2, -0.15) is 0 Å². The molecule has 2 aromatic heterocycles. The topological polar surface area (TPSA) is 84.2 Å². The normalized spacial score (nSPS) is 10.8. The Hall–Kier alpha value is -2.67. The fourth-order valence-electron chi connectivity index (χ4n) is 2.26. The summed E-state index contributed by atoms with van der Waals surface area (Å²) in [5, 5.41) is 13.7. The van der Waals surface area contributed by atoms with Crippen LogP contribution in [0, 0.1) is 6.92 Å². The molecule has 0 bridgehead atoms. The smallest absolute Gasteiger partial charge is 0.267 e. The van der Waals surface area contributed by atoms with E-state index in [0.29, 0.717) is 16.0 Å². The highest BCUT2D eigenvalue weighted by atomic mass is 32.1. The number of fused-ring (bicyclic) bond motifs is 1. The SMILES string of the molecule is Cc1cnc(NC(=O)c2c(O)c3ccccc3n(C)c2=O)s1. The minimum atomic E-state index is -0.668. The third kappa shape index (κ3) is 2.25. The van der Waals surface area contributed by atoms with E-state index >= 15 is 0 Å². The van der Waals surface area contributed by atoms with E-state index in [1.807, 2.05) is 6.92 Å². The standard InChI is InChI=1S/C15H13N3O3S/c1-8-7-16-15(22-8)17-13(20)11-12(19)9-5-3-4-6-10(9)18(2)14(11)21/h3-7,19H,1-2H3,(H,16,17,20). The van der Waals surface area contributed by atoms with Gasteiger partial charge in [0.1, 0.15) is 11.3 Å². The third-order valence-corrected chi connectivity index (χ3v) is 4.17. The molecular formula is C15H13N3O3S. The van der Waals surface area contributed by atoms with E-state index in [0.717, 1.165) is 4.88 Å². The van der Waals surface area contributed by atoms with Crippen molar-refractivity contribution in [3.05, 3.63) is 51.3 Å². The van der Waals surface area contributed by atoms with Crippen molar-refractivity contribution in [2.75, 3.05) is 5.32 Å². The molecule has 0 fully saturated rings. The second kappa shape index (κ2) is 5.27. The van der Waals surface area contributed by atoms with Crippen LogP contribution in [0.5, 0.6) is 5.75 Å². The number of aryl methyl sites for hydroxylation is 2. The molecule has 0 aliphatic rings. The number of nitrogens with zero attached hydrogens (tertiary/aromatic N) is 2. The summed E-state index contributed by atoms with van der Waals surface area (Å²) in [4.78, 5) is 29.7. The van der Waals surface area contributed by atoms with E-state index in [-0.39, 0.29) is 11.3 Å². The summed E-state index contributed by atoms with van der Waals surface area (Å²) in [7, 11) is 1.56. The van der Waals surface area contributed by atoms with Gasteiger partial charge in [-0.25, -0.2) is 4.98 Å². The van der Waals surface area contributed by atoms with E-state index in [2.05, 4.69) is 10.3 Å². The molecule has 7 heteroatoms. The molecule has 2 N–H and O–H groups in total. The van der Waals surface area contributed by atoms with Crippen LogP contribution in [0.25, 0.3) is 10.9 Å². The Morgan fingerprint density at radius 2 is 2.09 bits per heavy atom. The van der Waals surface area contributed by atoms with Gasteiger partial charge >= 0.3 is 0 Å². The van der Waals surface area contributed by atoms with Crippen LogP contribution in [-0.2, 0) is 7.05 Å². The molecule has 0 aliphatic heterocycles. The molecule has 0 radical (unpaired) electrons. The minimum Gasteiger partial charge on any atom is -0.506 e. The van der Waals surface area contributed by atoms with Gasteiger partial charge in [0, 0.05) is 23.5 Å². The number of carbonyl (C=O) groups excluding carboxylic acids is 1. The number of aromatic hydroxyl groups is 1. The van der Waals surface area contributed by atoms with Crippen LogP contribution in [0.3, 0.4) is 0 Å². The zero-order chi connectivity index (χ0) is 15.9. The molecule has 0 atom stereocenters. The first-order valence-electron chi connectivity index (χ1n) is 6.53. The molecule has 6 nitrogen and oxygen atoms in total. The third-order valence-electron chi connectivity index (χ3n) is 3.34. The number of aromatic nitrogens is 2. The fourth-order valence-corrected chi connectivity index (χ4v) is 2.92. The number of hydrogen-bond acceptors (Lipinski definition) is 5. The molecule has 3 rings (SSSR count). The summed E-state index contributed by atoms with van der Waals surface area (Å²) >= 11 is 1.30. The van der Waals surface area contributed by atoms with Gasteiger partial charge in [-0.3, -0.25) is 14.9 Å². The lowest BCUT2D eigenvalue weighted by Crippen LogP contribution is -2.28. The lowest BCUT2D eigenvalue weighted by Gasteiger charge is -2.11. The average Bonchev–Trinajstić information content (AvgIpc) is 2.90. The van der Waals surface area contributed by atoms with Crippen molar-refractivity contribution in [1.82, 2.24) is 9.55 Å². The Bertz CT molecular complexity index is 943. The van der Waals surface area contributed by atoms with E-state index in [1.165, 1.54) is 15.9 Å². The second-order valence-corrected chi connectivity index (χ2v) is 6.07. The molecule has 112 valence electrons. The van der Waals surface area contributed by atoms with E-state index in [9.17, 15) is 14.7 Å². The lowest BCUT2D eigenvalue weighted by atomic mass is 10.1. The summed E-state index contributed by atoms with van der Waals surface area (Å²) in [6.07, 6.45) is 1.62. The summed E-state index contributed by atoms with van der Waals surface area (Å²) in [5.74, 6) is -0.984. The van der Waals surface area contributed by atoms with E-state index in [1.54, 1.807) is 37.5 Å². The maximum absolute atomic E-state index is 12.4. The first-order chi connectivity index (χ1) is 10.5. The maximum Gasteiger partial charge on any atom is 0.267 e. The van der Waals surface area contributed by atoms with Crippen LogP contribution in [-0.4, -0.2) is 20.6 Å². The van der Waals surface area contributed by atoms with Crippen molar-refractivity contribution in [2.45, 2.75) is 6.92 Å². The van der Waals surface area contributed by atoms with Crippen molar-refractivity contribution in [3.8, 4) is 5.75 Å². The molecule has 0 spiro atoms. The first kappa shape index (κ1) is 14.3. The van der Waals surface area contributed by atoms with Gasteiger partial charge in [-0.1, -0.05) is 12.1 Å². The van der Waals surface area contributed by atoms with Crippen molar-refractivity contribution in [2.24, 2.45) is 7.05 Å². The number of nitrogens with one attached hydrogen (secondary N) is 1. The summed E-state index contributed by atoms with van der Waals surface area (Å²) in [5.41, 5.74) is -0.275. The molecule has 0 unspecified atom stereocenters. The number of carbonyl (C=O) groups is 1. The van der Waals surface area contributed by atoms with Gasteiger partial charge in [0.25, 0.3) is 11.5 Å². The maximum atomic E-state index is 12.4. The highest BCUT2D eigenvalue weighted by molar-refractivity contribution is 7.15. The molecule has 1 amide bonds. The predicted octanol–water partition coefficient (Wildman–Crippen LogP) is 2.26. The highest BCUT2D eigenvalue weighted by Gasteiger charge is 2.21. The van der Waals surface area contributed by atoms with Gasteiger partial charge < -0.3 is 9.67 Å². The van der Waals surface area contributed by atoms with Crippen LogP contribution >= 0.6 is 11.3 Å². The van der Waals surface area contributed by atoms with Gasteiger partial charge in [0.2, 0.25) is 0 Å². The van der Waals surface area contributed by atoms with Crippen LogP contribution in [0.15, 0.2) is 35.3 Å². The Morgan fingerprint density at radius 1 is 1.36 bits per heavy atom. The van der Waals surface area contributed by atoms with Gasteiger partial charge in [-0.15, -0.1) is 11.3 Å².